The zero-order valence-corrected chi connectivity index (χ0v) is 10.9. The van der Waals surface area contributed by atoms with Gasteiger partial charge in [-0.05, 0) is 43.0 Å². The maximum atomic E-state index is 5.66. The average molecular weight is 247 g/mol. The molecule has 18 heavy (non-hydrogen) atoms. The molecule has 1 saturated heterocycles. The maximum absolute atomic E-state index is 5.66. The van der Waals surface area contributed by atoms with E-state index in [2.05, 4.69) is 24.4 Å². The van der Waals surface area contributed by atoms with E-state index in [1.807, 2.05) is 6.07 Å². The van der Waals surface area contributed by atoms with Crippen LogP contribution in [-0.4, -0.2) is 19.8 Å². The number of piperidine rings is 1. The van der Waals surface area contributed by atoms with Crippen molar-refractivity contribution < 1.29 is 9.47 Å². The fourth-order valence-electron chi connectivity index (χ4n) is 2.90. The molecule has 2 atom stereocenters. The summed E-state index contributed by atoms with van der Waals surface area (Å²) in [5, 5.41) is 3.61. The van der Waals surface area contributed by atoms with Crippen LogP contribution in [0, 0.1) is 5.92 Å². The number of rotatable bonds is 2. The van der Waals surface area contributed by atoms with Gasteiger partial charge in [-0.2, -0.15) is 0 Å². The lowest BCUT2D eigenvalue weighted by Gasteiger charge is -2.30. The highest BCUT2D eigenvalue weighted by Crippen LogP contribution is 2.35. The summed E-state index contributed by atoms with van der Waals surface area (Å²) in [4.78, 5) is 0. The molecule has 3 rings (SSSR count). The molecule has 0 spiro atoms. The maximum Gasteiger partial charge on any atom is 0.161 e. The number of nitrogens with one attached hydrogen (secondary N) is 1. The van der Waals surface area contributed by atoms with Gasteiger partial charge in [0, 0.05) is 6.04 Å². The van der Waals surface area contributed by atoms with Gasteiger partial charge in [0.1, 0.15) is 13.2 Å². The Morgan fingerprint density at radius 1 is 1.22 bits per heavy atom. The molecule has 3 nitrogen and oxygen atoms in total. The highest BCUT2D eigenvalue weighted by Gasteiger charge is 2.23. The number of hydrogen-bond acceptors (Lipinski definition) is 3. The van der Waals surface area contributed by atoms with Crippen LogP contribution in [0.25, 0.3) is 0 Å². The molecule has 0 radical (unpaired) electrons. The van der Waals surface area contributed by atoms with Gasteiger partial charge in [-0.3, -0.25) is 0 Å². The summed E-state index contributed by atoms with van der Waals surface area (Å²) in [6.07, 6.45) is 3.82. The molecule has 0 aromatic heterocycles. The van der Waals surface area contributed by atoms with Crippen molar-refractivity contribution in [2.45, 2.75) is 32.2 Å². The Bertz CT molecular complexity index is 419. The smallest absolute Gasteiger partial charge is 0.161 e. The van der Waals surface area contributed by atoms with Crippen LogP contribution in [0.2, 0.25) is 0 Å². The first-order valence-corrected chi connectivity index (χ1v) is 6.99. The predicted octanol–water partition coefficient (Wildman–Crippen LogP) is 2.91. The van der Waals surface area contributed by atoms with Gasteiger partial charge in [0.2, 0.25) is 0 Å². The van der Waals surface area contributed by atoms with Gasteiger partial charge >= 0.3 is 0 Å². The Kier molecular flexibility index (Phi) is 3.41. The SMILES string of the molecule is CCC1CCNC(c2ccc3c(c2)OCCO3)C1. The number of benzene rings is 1. The summed E-state index contributed by atoms with van der Waals surface area (Å²) in [6, 6.07) is 6.83. The quantitative estimate of drug-likeness (QED) is 0.871. The molecule has 3 heteroatoms. The summed E-state index contributed by atoms with van der Waals surface area (Å²) in [5.41, 5.74) is 1.33. The van der Waals surface area contributed by atoms with Crippen molar-refractivity contribution in [2.24, 2.45) is 5.92 Å². The van der Waals surface area contributed by atoms with Gasteiger partial charge in [-0.25, -0.2) is 0 Å². The van der Waals surface area contributed by atoms with Crippen LogP contribution in [0.3, 0.4) is 0 Å². The summed E-state index contributed by atoms with van der Waals surface area (Å²) < 4.78 is 11.2. The highest BCUT2D eigenvalue weighted by molar-refractivity contribution is 5.44. The lowest BCUT2D eigenvalue weighted by Crippen LogP contribution is -2.31. The number of hydrogen-bond donors (Lipinski definition) is 1. The third-order valence-electron chi connectivity index (χ3n) is 4.06. The predicted molar refractivity (Wildman–Crippen MR) is 71.2 cm³/mol. The second-order valence-electron chi connectivity index (χ2n) is 5.21. The molecule has 1 aromatic rings. The Morgan fingerprint density at radius 3 is 2.89 bits per heavy atom. The van der Waals surface area contributed by atoms with E-state index >= 15 is 0 Å². The first-order valence-electron chi connectivity index (χ1n) is 6.99. The number of fused-ring (bicyclic) bond motifs is 1. The molecule has 0 amide bonds. The Morgan fingerprint density at radius 2 is 2.06 bits per heavy atom. The normalized spacial score (nSPS) is 26.9. The number of ether oxygens (including phenoxy) is 2. The molecule has 1 aromatic carbocycles. The summed E-state index contributed by atoms with van der Waals surface area (Å²) in [5.74, 6) is 2.64. The molecule has 0 saturated carbocycles. The van der Waals surface area contributed by atoms with Crippen molar-refractivity contribution in [1.29, 1.82) is 0 Å². The first kappa shape index (κ1) is 11.8. The Balaban J connectivity index is 1.79. The van der Waals surface area contributed by atoms with Crippen LogP contribution >= 0.6 is 0 Å². The van der Waals surface area contributed by atoms with Gasteiger partial charge in [-0.15, -0.1) is 0 Å². The molecule has 2 aliphatic rings. The van der Waals surface area contributed by atoms with E-state index in [1.54, 1.807) is 0 Å². The van der Waals surface area contributed by atoms with Gasteiger partial charge in [0.15, 0.2) is 11.5 Å². The Labute approximate surface area is 108 Å². The van der Waals surface area contributed by atoms with Crippen molar-refractivity contribution in [3.63, 3.8) is 0 Å². The van der Waals surface area contributed by atoms with Crippen LogP contribution in [0.4, 0.5) is 0 Å². The van der Waals surface area contributed by atoms with Crippen molar-refractivity contribution in [3.8, 4) is 11.5 Å². The minimum Gasteiger partial charge on any atom is -0.486 e. The standard InChI is InChI=1S/C15H21NO2/c1-2-11-5-6-16-13(9-11)12-3-4-14-15(10-12)18-8-7-17-14/h3-4,10-11,13,16H,2,5-9H2,1H3. The minimum absolute atomic E-state index is 0.472. The largest absolute Gasteiger partial charge is 0.486 e. The minimum atomic E-state index is 0.472. The molecule has 2 aliphatic heterocycles. The lowest BCUT2D eigenvalue weighted by molar-refractivity contribution is 0.171. The molecular weight excluding hydrogens is 226 g/mol. The van der Waals surface area contributed by atoms with Crippen molar-refractivity contribution in [1.82, 2.24) is 5.32 Å². The molecule has 0 aliphatic carbocycles. The second kappa shape index (κ2) is 5.19. The zero-order valence-electron chi connectivity index (χ0n) is 10.9. The van der Waals surface area contributed by atoms with E-state index in [4.69, 9.17) is 9.47 Å². The van der Waals surface area contributed by atoms with E-state index < -0.39 is 0 Å². The fraction of sp³-hybridized carbons (Fsp3) is 0.600. The molecule has 0 bridgehead atoms. The van der Waals surface area contributed by atoms with Crippen molar-refractivity contribution in [2.75, 3.05) is 19.8 Å². The third-order valence-corrected chi connectivity index (χ3v) is 4.06. The highest BCUT2D eigenvalue weighted by atomic mass is 16.6. The first-order chi connectivity index (χ1) is 8.86. The van der Waals surface area contributed by atoms with E-state index in [0.29, 0.717) is 19.3 Å². The van der Waals surface area contributed by atoms with E-state index in [9.17, 15) is 0 Å². The van der Waals surface area contributed by atoms with E-state index in [0.717, 1.165) is 24.0 Å². The van der Waals surface area contributed by atoms with Gasteiger partial charge in [0.05, 0.1) is 0 Å². The monoisotopic (exact) mass is 247 g/mol. The van der Waals surface area contributed by atoms with Crippen LogP contribution < -0.4 is 14.8 Å². The molecule has 1 fully saturated rings. The van der Waals surface area contributed by atoms with Crippen molar-refractivity contribution in [3.05, 3.63) is 23.8 Å². The topological polar surface area (TPSA) is 30.5 Å². The average Bonchev–Trinajstić information content (AvgIpc) is 2.47. The van der Waals surface area contributed by atoms with Crippen LogP contribution in [0.5, 0.6) is 11.5 Å². The summed E-state index contributed by atoms with van der Waals surface area (Å²) in [6.45, 7) is 4.73. The Hall–Kier alpha value is -1.22. The van der Waals surface area contributed by atoms with E-state index in [1.165, 1.54) is 24.8 Å². The third kappa shape index (κ3) is 2.32. The fourth-order valence-corrected chi connectivity index (χ4v) is 2.90. The van der Waals surface area contributed by atoms with Gasteiger partial charge in [0.25, 0.3) is 0 Å². The molecule has 1 N–H and O–H groups in total. The zero-order chi connectivity index (χ0) is 12.4. The summed E-state index contributed by atoms with van der Waals surface area (Å²) >= 11 is 0. The van der Waals surface area contributed by atoms with Crippen LogP contribution in [0.15, 0.2) is 18.2 Å². The van der Waals surface area contributed by atoms with E-state index in [-0.39, 0.29) is 0 Å². The van der Waals surface area contributed by atoms with Gasteiger partial charge < -0.3 is 14.8 Å². The molecular formula is C15H21NO2. The van der Waals surface area contributed by atoms with Crippen LogP contribution in [0.1, 0.15) is 37.8 Å². The molecule has 2 heterocycles. The lowest BCUT2D eigenvalue weighted by atomic mass is 9.87. The summed E-state index contributed by atoms with van der Waals surface area (Å²) in [7, 11) is 0. The van der Waals surface area contributed by atoms with Gasteiger partial charge in [-0.1, -0.05) is 19.4 Å². The second-order valence-corrected chi connectivity index (χ2v) is 5.21. The molecule has 2 unspecified atom stereocenters. The van der Waals surface area contributed by atoms with Crippen LogP contribution in [-0.2, 0) is 0 Å². The van der Waals surface area contributed by atoms with Crippen molar-refractivity contribution >= 4 is 0 Å². The molecule has 98 valence electrons.